The predicted molar refractivity (Wildman–Crippen MR) is 198 cm³/mol. The molecule has 0 aromatic heterocycles. The molecule has 2 aliphatic rings. The number of ether oxygens (including phenoxy) is 5. The van der Waals surface area contributed by atoms with E-state index in [2.05, 4.69) is 55.6 Å². The van der Waals surface area contributed by atoms with Gasteiger partial charge in [0.1, 0.15) is 24.6 Å². The number of alkyl halides is 1. The van der Waals surface area contributed by atoms with E-state index >= 15 is 0 Å². The number of phenols is 1. The number of methoxy groups -OCH3 is 1. The smallest absolute Gasteiger partial charge is 0.407 e. The summed E-state index contributed by atoms with van der Waals surface area (Å²) in [6, 6.07) is 21.3. The molecule has 15 nitrogen and oxygen atoms in total. The van der Waals surface area contributed by atoms with Crippen molar-refractivity contribution in [2.45, 2.75) is 63.2 Å². The zero-order valence-corrected chi connectivity index (χ0v) is 31.8. The van der Waals surface area contributed by atoms with E-state index in [0.717, 1.165) is 23.6 Å². The molecule has 54 heavy (non-hydrogen) atoms. The number of carboxylic acids is 1. The summed E-state index contributed by atoms with van der Waals surface area (Å²) in [4.78, 5) is 66.6. The SMILES string of the molecule is CC(=O)O.COC(=O)[C@H]1OCC(OC(C)=O)CC1OC(C)=O.O=C(CCNC(=O)OCC1c2ccccc2-c2ccccc21)Nc1cc(CBr)ccc1O. The van der Waals surface area contributed by atoms with Crippen LogP contribution in [-0.2, 0) is 53.0 Å². The van der Waals surface area contributed by atoms with Gasteiger partial charge in [-0.05, 0) is 39.9 Å². The number of esters is 3. The highest BCUT2D eigenvalue weighted by molar-refractivity contribution is 9.08. The van der Waals surface area contributed by atoms with Crippen molar-refractivity contribution in [3.63, 3.8) is 0 Å². The molecule has 4 N–H and O–H groups in total. The number of aromatic hydroxyl groups is 1. The lowest BCUT2D eigenvalue weighted by Crippen LogP contribution is -2.49. The number of phenolic OH excluding ortho intramolecular Hbond substituents is 1. The molecule has 5 rings (SSSR count). The van der Waals surface area contributed by atoms with Crippen LogP contribution in [0.1, 0.15) is 56.2 Å². The standard InChI is InChI=1S/C25H23BrN2O4.C11H16O7.C2H4O2/c26-14-16-9-10-23(29)22(13-16)28-24(30)11-12-27-25(31)32-15-21-19-7-3-1-5-17(19)18-6-2-4-8-20(18)21;1-6(12)17-8-4-9(18-7(2)13)10(16-5-8)11(14)15-3;1-2(3)4/h1-10,13,21,29H,11-12,14-15H2,(H,27,31)(H,28,30);8-10H,4-5H2,1-3H3;1H3,(H,3,4)/t;8?,9?,10-;/m.0./s1. The first-order valence-corrected chi connectivity index (χ1v) is 17.9. The highest BCUT2D eigenvalue weighted by atomic mass is 79.9. The number of aliphatic carboxylic acids is 1. The van der Waals surface area contributed by atoms with E-state index in [4.69, 9.17) is 28.8 Å². The van der Waals surface area contributed by atoms with Crippen molar-refractivity contribution in [3.05, 3.63) is 83.4 Å². The fourth-order valence-electron chi connectivity index (χ4n) is 5.65. The Morgan fingerprint density at radius 1 is 0.889 bits per heavy atom. The highest BCUT2D eigenvalue weighted by Gasteiger charge is 2.40. The number of benzene rings is 3. The number of carbonyl (C=O) groups excluding carboxylic acids is 5. The lowest BCUT2D eigenvalue weighted by Gasteiger charge is -2.33. The van der Waals surface area contributed by atoms with Crippen molar-refractivity contribution < 1.29 is 62.7 Å². The summed E-state index contributed by atoms with van der Waals surface area (Å²) >= 11 is 3.34. The first kappa shape index (κ1) is 42.9. The average molecular weight is 816 g/mol. The molecule has 3 atom stereocenters. The summed E-state index contributed by atoms with van der Waals surface area (Å²) in [5, 5.41) is 23.2. The number of hydrogen-bond acceptors (Lipinski definition) is 12. The van der Waals surface area contributed by atoms with Gasteiger partial charge in [-0.3, -0.25) is 19.2 Å². The Morgan fingerprint density at radius 3 is 2.04 bits per heavy atom. The molecule has 0 radical (unpaired) electrons. The minimum Gasteiger partial charge on any atom is -0.506 e. The van der Waals surface area contributed by atoms with Gasteiger partial charge in [0.25, 0.3) is 5.97 Å². The predicted octanol–water partition coefficient (Wildman–Crippen LogP) is 5.06. The third-order valence-corrected chi connectivity index (χ3v) is 8.48. The van der Waals surface area contributed by atoms with Crippen LogP contribution in [0.25, 0.3) is 11.1 Å². The van der Waals surface area contributed by atoms with Crippen LogP contribution in [0.5, 0.6) is 5.75 Å². The van der Waals surface area contributed by atoms with Crippen molar-refractivity contribution in [2.24, 2.45) is 0 Å². The maximum atomic E-state index is 12.2. The zero-order valence-electron chi connectivity index (χ0n) is 30.2. The molecule has 3 aromatic carbocycles. The second-order valence-corrected chi connectivity index (χ2v) is 12.5. The molecule has 1 heterocycles. The van der Waals surface area contributed by atoms with Gasteiger partial charge in [-0.25, -0.2) is 9.59 Å². The molecule has 3 aromatic rings. The molecule has 0 saturated carbocycles. The quantitative estimate of drug-likeness (QED) is 0.0914. The number of carbonyl (C=O) groups is 6. The molecule has 1 fully saturated rings. The normalized spacial score (nSPS) is 16.6. The Balaban J connectivity index is 0.000000301. The number of amides is 2. The zero-order chi connectivity index (χ0) is 39.8. The fourth-order valence-corrected chi connectivity index (χ4v) is 6.00. The summed E-state index contributed by atoms with van der Waals surface area (Å²) in [5.41, 5.74) is 5.89. The lowest BCUT2D eigenvalue weighted by atomic mass is 9.98. The van der Waals surface area contributed by atoms with Crippen LogP contribution in [0.3, 0.4) is 0 Å². The van der Waals surface area contributed by atoms with Crippen LogP contribution in [-0.4, -0.2) is 91.3 Å². The van der Waals surface area contributed by atoms with Crippen LogP contribution in [0, 0.1) is 0 Å². The second-order valence-electron chi connectivity index (χ2n) is 11.9. The summed E-state index contributed by atoms with van der Waals surface area (Å²) in [5.74, 6) is -2.79. The summed E-state index contributed by atoms with van der Waals surface area (Å²) in [6.45, 7) is 3.99. The van der Waals surface area contributed by atoms with E-state index in [9.17, 15) is 29.1 Å². The molecule has 0 bridgehead atoms. The summed E-state index contributed by atoms with van der Waals surface area (Å²) in [6.07, 6.45) is -2.63. The van der Waals surface area contributed by atoms with E-state index in [1.54, 1.807) is 12.1 Å². The van der Waals surface area contributed by atoms with Crippen molar-refractivity contribution in [3.8, 4) is 16.9 Å². The molecule has 1 aliphatic heterocycles. The summed E-state index contributed by atoms with van der Waals surface area (Å²) in [7, 11) is 1.22. The van der Waals surface area contributed by atoms with E-state index in [0.29, 0.717) is 11.0 Å². The van der Waals surface area contributed by atoms with Crippen molar-refractivity contribution >= 4 is 57.5 Å². The van der Waals surface area contributed by atoms with E-state index in [-0.39, 0.29) is 50.2 Å². The number of anilines is 1. The van der Waals surface area contributed by atoms with Gasteiger partial charge in [0.05, 0.1) is 19.4 Å². The number of fused-ring (bicyclic) bond motifs is 3. The molecule has 0 spiro atoms. The number of alkyl carbamates (subject to hydrolysis) is 1. The summed E-state index contributed by atoms with van der Waals surface area (Å²) < 4.78 is 25.2. The van der Waals surface area contributed by atoms with Gasteiger partial charge in [0.2, 0.25) is 5.91 Å². The van der Waals surface area contributed by atoms with E-state index < -0.39 is 48.3 Å². The number of rotatable bonds is 10. The Labute approximate surface area is 320 Å². The topological polar surface area (TPSA) is 213 Å². The van der Waals surface area contributed by atoms with Crippen molar-refractivity contribution in [1.82, 2.24) is 5.32 Å². The fraction of sp³-hybridized carbons (Fsp3) is 0.368. The third-order valence-electron chi connectivity index (χ3n) is 7.83. The monoisotopic (exact) mass is 814 g/mol. The molecular weight excluding hydrogens is 772 g/mol. The first-order chi connectivity index (χ1) is 25.7. The maximum Gasteiger partial charge on any atom is 0.407 e. The van der Waals surface area contributed by atoms with E-state index in [1.807, 2.05) is 24.3 Å². The van der Waals surface area contributed by atoms with Crippen molar-refractivity contribution in [2.75, 3.05) is 32.2 Å². The van der Waals surface area contributed by atoms with Crippen LogP contribution in [0.15, 0.2) is 66.7 Å². The van der Waals surface area contributed by atoms with Gasteiger partial charge in [0, 0.05) is 51.4 Å². The molecule has 1 aliphatic carbocycles. The Bertz CT molecular complexity index is 1750. The van der Waals surface area contributed by atoms with E-state index in [1.165, 1.54) is 38.2 Å². The van der Waals surface area contributed by atoms with Crippen LogP contribution in [0.4, 0.5) is 10.5 Å². The minimum absolute atomic E-state index is 0.00690. The van der Waals surface area contributed by atoms with Crippen LogP contribution < -0.4 is 10.6 Å². The Morgan fingerprint density at radius 2 is 1.48 bits per heavy atom. The van der Waals surface area contributed by atoms with Gasteiger partial charge in [0.15, 0.2) is 6.10 Å². The molecule has 2 unspecified atom stereocenters. The largest absolute Gasteiger partial charge is 0.506 e. The maximum absolute atomic E-state index is 12.2. The second kappa shape index (κ2) is 21.3. The molecular formula is C38H43BrN2O13. The minimum atomic E-state index is -0.981. The van der Waals surface area contributed by atoms with Gasteiger partial charge >= 0.3 is 24.0 Å². The Kier molecular flexibility index (Phi) is 16.9. The molecule has 2 amide bonds. The van der Waals surface area contributed by atoms with Gasteiger partial charge in [-0.15, -0.1) is 0 Å². The molecule has 290 valence electrons. The number of halogens is 1. The van der Waals surface area contributed by atoms with Gasteiger partial charge in [-0.1, -0.05) is 70.5 Å². The number of nitrogens with one attached hydrogen (secondary N) is 2. The number of hydrogen-bond donors (Lipinski definition) is 4. The molecule has 16 heteroatoms. The number of carboxylic acid groups (broad SMARTS) is 1. The lowest BCUT2D eigenvalue weighted by molar-refractivity contribution is -0.193. The van der Waals surface area contributed by atoms with Crippen LogP contribution >= 0.6 is 15.9 Å². The van der Waals surface area contributed by atoms with Gasteiger partial charge < -0.3 is 44.5 Å². The average Bonchev–Trinajstić information content (AvgIpc) is 3.44. The van der Waals surface area contributed by atoms with Gasteiger partial charge in [-0.2, -0.15) is 0 Å². The molecule has 1 saturated heterocycles. The van der Waals surface area contributed by atoms with Crippen molar-refractivity contribution in [1.29, 1.82) is 0 Å². The first-order valence-electron chi connectivity index (χ1n) is 16.7. The van der Waals surface area contributed by atoms with Crippen LogP contribution in [0.2, 0.25) is 0 Å². The third kappa shape index (κ3) is 13.2. The Hall–Kier alpha value is -5.48. The highest BCUT2D eigenvalue weighted by Crippen LogP contribution is 2.44.